The normalized spacial score (nSPS) is 28.5. The fourth-order valence-corrected chi connectivity index (χ4v) is 3.35. The van der Waals surface area contributed by atoms with E-state index in [4.69, 9.17) is 0 Å². The molecule has 16 heavy (non-hydrogen) atoms. The zero-order valence-electron chi connectivity index (χ0n) is 10.3. The molecule has 0 radical (unpaired) electrons. The molecule has 3 nitrogen and oxygen atoms in total. The van der Waals surface area contributed by atoms with Crippen LogP contribution in [0, 0.1) is 0 Å². The van der Waals surface area contributed by atoms with Gasteiger partial charge in [-0.1, -0.05) is 12.8 Å². The summed E-state index contributed by atoms with van der Waals surface area (Å²) < 4.78 is 0. The molecule has 94 valence electrons. The Morgan fingerprint density at radius 2 is 1.62 bits per heavy atom. The van der Waals surface area contributed by atoms with Gasteiger partial charge < -0.3 is 10.4 Å². The Morgan fingerprint density at radius 1 is 0.938 bits per heavy atom. The molecule has 1 unspecified atom stereocenters. The van der Waals surface area contributed by atoms with Crippen LogP contribution in [-0.2, 0) is 0 Å². The highest BCUT2D eigenvalue weighted by Crippen LogP contribution is 2.27. The van der Waals surface area contributed by atoms with Crippen molar-refractivity contribution in [3.63, 3.8) is 0 Å². The van der Waals surface area contributed by atoms with Crippen molar-refractivity contribution in [3.05, 3.63) is 0 Å². The highest BCUT2D eigenvalue weighted by molar-refractivity contribution is 4.84. The quantitative estimate of drug-likeness (QED) is 0.760. The molecule has 0 aromatic rings. The minimum absolute atomic E-state index is 0.320. The third-order valence-electron chi connectivity index (χ3n) is 4.17. The van der Waals surface area contributed by atoms with Crippen molar-refractivity contribution in [1.29, 1.82) is 0 Å². The molecule has 0 spiro atoms. The Morgan fingerprint density at radius 3 is 2.38 bits per heavy atom. The Hall–Kier alpha value is -0.120. The van der Waals surface area contributed by atoms with Gasteiger partial charge in [0.2, 0.25) is 0 Å². The molecule has 1 atom stereocenters. The molecule has 1 aliphatic carbocycles. The number of rotatable bonds is 4. The average molecular weight is 226 g/mol. The van der Waals surface area contributed by atoms with Gasteiger partial charge in [0.1, 0.15) is 0 Å². The third kappa shape index (κ3) is 3.19. The molecule has 0 amide bonds. The molecule has 2 aliphatic rings. The molecule has 2 N–H and O–H groups in total. The molecular formula is C13H26N2O. The Labute approximate surface area is 99.2 Å². The molecule has 2 fully saturated rings. The Kier molecular flexibility index (Phi) is 5.07. The summed E-state index contributed by atoms with van der Waals surface area (Å²) >= 11 is 0. The predicted molar refractivity (Wildman–Crippen MR) is 66.6 cm³/mol. The topological polar surface area (TPSA) is 35.5 Å². The first-order valence-electron chi connectivity index (χ1n) is 6.99. The lowest BCUT2D eigenvalue weighted by atomic mass is 10.0. The van der Waals surface area contributed by atoms with Crippen molar-refractivity contribution >= 4 is 0 Å². The molecule has 1 heterocycles. The molecule has 1 saturated heterocycles. The van der Waals surface area contributed by atoms with Crippen molar-refractivity contribution in [2.45, 2.75) is 57.0 Å². The number of nitrogens with one attached hydrogen (secondary N) is 1. The summed E-state index contributed by atoms with van der Waals surface area (Å²) in [5.41, 5.74) is 0. The van der Waals surface area contributed by atoms with Crippen LogP contribution in [0.15, 0.2) is 0 Å². The van der Waals surface area contributed by atoms with Crippen molar-refractivity contribution in [1.82, 2.24) is 10.2 Å². The van der Waals surface area contributed by atoms with Crippen LogP contribution in [0.5, 0.6) is 0 Å². The van der Waals surface area contributed by atoms with Crippen LogP contribution < -0.4 is 5.32 Å². The van der Waals surface area contributed by atoms with Crippen LogP contribution >= 0.6 is 0 Å². The van der Waals surface area contributed by atoms with Crippen molar-refractivity contribution in [3.8, 4) is 0 Å². The highest BCUT2D eigenvalue weighted by atomic mass is 16.3. The van der Waals surface area contributed by atoms with E-state index in [0.717, 1.165) is 19.1 Å². The molecule has 3 heteroatoms. The first kappa shape index (κ1) is 12.3. The van der Waals surface area contributed by atoms with Gasteiger partial charge in [-0.25, -0.2) is 0 Å². The van der Waals surface area contributed by atoms with Crippen molar-refractivity contribution < 1.29 is 5.11 Å². The molecular weight excluding hydrogens is 200 g/mol. The van der Waals surface area contributed by atoms with E-state index in [1.807, 2.05) is 0 Å². The first-order chi connectivity index (χ1) is 7.92. The van der Waals surface area contributed by atoms with E-state index >= 15 is 0 Å². The van der Waals surface area contributed by atoms with Crippen LogP contribution in [0.1, 0.15) is 44.9 Å². The molecule has 0 aromatic carbocycles. The van der Waals surface area contributed by atoms with Gasteiger partial charge in [0.05, 0.1) is 6.61 Å². The largest absolute Gasteiger partial charge is 0.395 e. The maximum absolute atomic E-state index is 9.24. The van der Waals surface area contributed by atoms with E-state index in [9.17, 15) is 5.11 Å². The lowest BCUT2D eigenvalue weighted by Gasteiger charge is -2.35. The van der Waals surface area contributed by atoms with Gasteiger partial charge in [-0.15, -0.1) is 0 Å². The van der Waals surface area contributed by atoms with Crippen LogP contribution in [0.2, 0.25) is 0 Å². The maximum atomic E-state index is 9.24. The fourth-order valence-electron chi connectivity index (χ4n) is 3.35. The molecule has 1 saturated carbocycles. The maximum Gasteiger partial charge on any atom is 0.0558 e. The predicted octanol–water partition coefficient (Wildman–Crippen LogP) is 1.37. The lowest BCUT2D eigenvalue weighted by molar-refractivity contribution is 0.0966. The van der Waals surface area contributed by atoms with Gasteiger partial charge in [0, 0.05) is 18.6 Å². The van der Waals surface area contributed by atoms with Gasteiger partial charge in [0.15, 0.2) is 0 Å². The second-order valence-electron chi connectivity index (χ2n) is 5.23. The summed E-state index contributed by atoms with van der Waals surface area (Å²) in [6, 6.07) is 1.47. The standard InChI is InChI=1S/C13H26N2O/c16-11-10-15(12-4-1-2-5-12)13-6-3-8-14-9-7-13/h12-14,16H,1-11H2. The first-order valence-corrected chi connectivity index (χ1v) is 6.99. The smallest absolute Gasteiger partial charge is 0.0558 e. The number of hydrogen-bond donors (Lipinski definition) is 2. The SMILES string of the molecule is OCCN(C1CCCC1)C1CCCNCC1. The van der Waals surface area contributed by atoms with E-state index in [1.165, 1.54) is 51.5 Å². The third-order valence-corrected chi connectivity index (χ3v) is 4.17. The zero-order valence-corrected chi connectivity index (χ0v) is 10.3. The Balaban J connectivity index is 1.92. The van der Waals surface area contributed by atoms with Gasteiger partial charge in [-0.05, 0) is 45.2 Å². The van der Waals surface area contributed by atoms with Gasteiger partial charge in [0.25, 0.3) is 0 Å². The summed E-state index contributed by atoms with van der Waals surface area (Å²) in [5, 5.41) is 12.7. The minimum atomic E-state index is 0.320. The summed E-state index contributed by atoms with van der Waals surface area (Å²) in [4.78, 5) is 2.61. The second kappa shape index (κ2) is 6.58. The Bertz CT molecular complexity index is 184. The molecule has 2 rings (SSSR count). The van der Waals surface area contributed by atoms with Crippen LogP contribution in [0.3, 0.4) is 0 Å². The van der Waals surface area contributed by atoms with Gasteiger partial charge in [-0.2, -0.15) is 0 Å². The number of hydrogen-bond acceptors (Lipinski definition) is 3. The van der Waals surface area contributed by atoms with E-state index in [0.29, 0.717) is 12.6 Å². The van der Waals surface area contributed by atoms with Crippen LogP contribution in [0.25, 0.3) is 0 Å². The van der Waals surface area contributed by atoms with Crippen molar-refractivity contribution in [2.24, 2.45) is 0 Å². The molecule has 0 aromatic heterocycles. The van der Waals surface area contributed by atoms with E-state index in [2.05, 4.69) is 10.2 Å². The summed E-state index contributed by atoms with van der Waals surface area (Å²) in [6.45, 7) is 3.53. The van der Waals surface area contributed by atoms with Gasteiger partial charge >= 0.3 is 0 Å². The summed E-state index contributed by atoms with van der Waals surface area (Å²) in [5.74, 6) is 0. The summed E-state index contributed by atoms with van der Waals surface area (Å²) in [7, 11) is 0. The van der Waals surface area contributed by atoms with Crippen molar-refractivity contribution in [2.75, 3.05) is 26.2 Å². The minimum Gasteiger partial charge on any atom is -0.395 e. The van der Waals surface area contributed by atoms with Crippen LogP contribution in [0.4, 0.5) is 0 Å². The highest BCUT2D eigenvalue weighted by Gasteiger charge is 2.28. The molecule has 1 aliphatic heterocycles. The number of aliphatic hydroxyl groups is 1. The monoisotopic (exact) mass is 226 g/mol. The number of aliphatic hydroxyl groups excluding tert-OH is 1. The molecule has 0 bridgehead atoms. The zero-order chi connectivity index (χ0) is 11.2. The summed E-state index contributed by atoms with van der Waals surface area (Å²) in [6.07, 6.45) is 9.34. The second-order valence-corrected chi connectivity index (χ2v) is 5.23. The van der Waals surface area contributed by atoms with Gasteiger partial charge in [-0.3, -0.25) is 4.90 Å². The average Bonchev–Trinajstić information content (AvgIpc) is 2.69. The fraction of sp³-hybridized carbons (Fsp3) is 1.00. The van der Waals surface area contributed by atoms with E-state index < -0.39 is 0 Å². The number of nitrogens with zero attached hydrogens (tertiary/aromatic N) is 1. The van der Waals surface area contributed by atoms with E-state index in [-0.39, 0.29) is 0 Å². The van der Waals surface area contributed by atoms with E-state index in [1.54, 1.807) is 0 Å². The lowest BCUT2D eigenvalue weighted by Crippen LogP contribution is -2.44. The van der Waals surface area contributed by atoms with Crippen LogP contribution in [-0.4, -0.2) is 48.3 Å².